The fourth-order valence-corrected chi connectivity index (χ4v) is 3.03. The largest absolute Gasteiger partial charge is 0.488 e. The molecule has 0 radical (unpaired) electrons. The van der Waals surface area contributed by atoms with Gasteiger partial charge in [-0.15, -0.1) is 0 Å². The number of fused-ring (bicyclic) bond motifs is 2. The molecule has 4 heteroatoms. The van der Waals surface area contributed by atoms with E-state index < -0.39 is 12.9 Å². The van der Waals surface area contributed by atoms with E-state index in [4.69, 9.17) is 14.0 Å². The van der Waals surface area contributed by atoms with Gasteiger partial charge >= 0.3 is 5.97 Å². The molecule has 0 bridgehead atoms. The lowest BCUT2D eigenvalue weighted by molar-refractivity contribution is -0.136. The van der Waals surface area contributed by atoms with Crippen LogP contribution >= 0.6 is 0 Å². The number of carboxylic acid groups (broad SMARTS) is 1. The summed E-state index contributed by atoms with van der Waals surface area (Å²) in [7, 11) is 1.58. The molecule has 0 amide bonds. The van der Waals surface area contributed by atoms with Crippen molar-refractivity contribution in [2.75, 3.05) is 20.6 Å². The normalized spacial score (nSPS) is 16.9. The molecule has 0 atom stereocenters. The molecule has 0 fully saturated rings. The zero-order chi connectivity index (χ0) is 20.3. The summed E-state index contributed by atoms with van der Waals surface area (Å²) in [4.78, 5) is 12.5. The first-order valence-electron chi connectivity index (χ1n) is 9.73. The highest BCUT2D eigenvalue weighted by atomic mass is 16.5. The zero-order valence-electron chi connectivity index (χ0n) is 17.2. The smallest absolute Gasteiger partial charge is 0.307 e. The maximum atomic E-state index is 11.1. The lowest BCUT2D eigenvalue weighted by Crippen LogP contribution is -2.12. The molecule has 2 aromatic rings. The van der Waals surface area contributed by atoms with Crippen LogP contribution in [0.1, 0.15) is 32.8 Å². The highest BCUT2D eigenvalue weighted by Crippen LogP contribution is 2.37. The van der Waals surface area contributed by atoms with Crippen molar-refractivity contribution in [2.45, 2.75) is 19.4 Å². The predicted octanol–water partition coefficient (Wildman–Crippen LogP) is 3.59. The van der Waals surface area contributed by atoms with Gasteiger partial charge in [-0.1, -0.05) is 36.4 Å². The molecule has 0 saturated carbocycles. The summed E-state index contributed by atoms with van der Waals surface area (Å²) >= 11 is 0. The van der Waals surface area contributed by atoms with Crippen LogP contribution in [0.25, 0.3) is 5.57 Å². The molecule has 130 valence electrons. The highest BCUT2D eigenvalue weighted by Gasteiger charge is 2.19. The second-order valence-corrected chi connectivity index (χ2v) is 6.17. The van der Waals surface area contributed by atoms with Crippen LogP contribution in [0.5, 0.6) is 5.75 Å². The van der Waals surface area contributed by atoms with Gasteiger partial charge in [-0.25, -0.2) is 0 Å². The van der Waals surface area contributed by atoms with E-state index in [1.807, 2.05) is 42.5 Å². The van der Waals surface area contributed by atoms with Crippen LogP contribution in [0, 0.1) is 0 Å². The first-order chi connectivity index (χ1) is 13.3. The van der Waals surface area contributed by atoms with Gasteiger partial charge in [0.05, 0.1) is 6.42 Å². The number of hydrogen-bond acceptors (Lipinski definition) is 3. The highest BCUT2D eigenvalue weighted by molar-refractivity contribution is 5.85. The molecule has 1 heterocycles. The first kappa shape index (κ1) is 13.7. The Morgan fingerprint density at radius 2 is 2.16 bits per heavy atom. The minimum atomic E-state index is -2.13. The number of benzene rings is 2. The second-order valence-electron chi connectivity index (χ2n) is 6.17. The van der Waals surface area contributed by atoms with Gasteiger partial charge < -0.3 is 14.7 Å². The van der Waals surface area contributed by atoms with Crippen LogP contribution in [0.2, 0.25) is 0 Å². The summed E-state index contributed by atoms with van der Waals surface area (Å²) in [5.41, 5.74) is 4.52. The van der Waals surface area contributed by atoms with E-state index in [2.05, 4.69) is 0 Å². The summed E-state index contributed by atoms with van der Waals surface area (Å²) in [6, 6.07) is 13.3. The van der Waals surface area contributed by atoms with Gasteiger partial charge in [0.25, 0.3) is 0 Å². The standard InChI is InChI=1S/C21H23NO3/c1-22(2)11-5-8-18-17-7-4-3-6-16(17)14-25-20-10-9-15(12-19(18)20)13-21(23)24/h3-4,6-10,12H,5,11,13-14H2,1-2H3,(H,23,24)/b18-8-/i1D3. The quantitative estimate of drug-likeness (QED) is 0.904. The van der Waals surface area contributed by atoms with Crippen LogP contribution in [-0.4, -0.2) is 36.5 Å². The maximum absolute atomic E-state index is 11.1. The van der Waals surface area contributed by atoms with Gasteiger partial charge in [-0.05, 0) is 54.8 Å². The van der Waals surface area contributed by atoms with Gasteiger partial charge in [-0.3, -0.25) is 4.79 Å². The van der Waals surface area contributed by atoms with Crippen molar-refractivity contribution >= 4 is 11.5 Å². The Hall–Kier alpha value is -2.59. The SMILES string of the molecule is [2H]C([2H])([2H])N(C)CC/C=C1/c2ccccc2COc2ccc(CC(=O)O)cc21. The van der Waals surface area contributed by atoms with Crippen molar-refractivity contribution in [1.29, 1.82) is 0 Å². The third kappa shape index (κ3) is 4.09. The van der Waals surface area contributed by atoms with Gasteiger partial charge in [-0.2, -0.15) is 0 Å². The number of hydrogen-bond donors (Lipinski definition) is 1. The molecule has 1 N–H and O–H groups in total. The average Bonchev–Trinajstić information content (AvgIpc) is 2.78. The van der Waals surface area contributed by atoms with Gasteiger partial charge in [0.2, 0.25) is 0 Å². The molecule has 0 spiro atoms. The monoisotopic (exact) mass is 340 g/mol. The van der Waals surface area contributed by atoms with E-state index in [0.29, 0.717) is 30.9 Å². The third-order valence-electron chi connectivity index (χ3n) is 4.19. The molecule has 1 aliphatic rings. The van der Waals surface area contributed by atoms with Crippen LogP contribution < -0.4 is 4.74 Å². The molecule has 3 rings (SSSR count). The molecule has 25 heavy (non-hydrogen) atoms. The van der Waals surface area contributed by atoms with Crippen molar-refractivity contribution in [1.82, 2.24) is 4.90 Å². The predicted molar refractivity (Wildman–Crippen MR) is 98.8 cm³/mol. The Kier molecular flexibility index (Phi) is 4.12. The number of rotatable bonds is 5. The van der Waals surface area contributed by atoms with Crippen molar-refractivity contribution < 1.29 is 18.8 Å². The summed E-state index contributed by atoms with van der Waals surface area (Å²) in [6.45, 7) is -1.32. The van der Waals surface area contributed by atoms with E-state index in [9.17, 15) is 4.79 Å². The van der Waals surface area contributed by atoms with E-state index in [1.54, 1.807) is 13.1 Å². The summed E-state index contributed by atoms with van der Waals surface area (Å²) in [5.74, 6) is -0.194. The molecule has 4 nitrogen and oxygen atoms in total. The van der Waals surface area contributed by atoms with E-state index >= 15 is 0 Å². The maximum Gasteiger partial charge on any atom is 0.307 e. The molecular formula is C21H23NO3. The fraction of sp³-hybridized carbons (Fsp3) is 0.286. The molecule has 0 aliphatic carbocycles. The van der Waals surface area contributed by atoms with Gasteiger partial charge in [0.15, 0.2) is 0 Å². The Morgan fingerprint density at radius 3 is 2.96 bits per heavy atom. The van der Waals surface area contributed by atoms with Gasteiger partial charge in [0.1, 0.15) is 12.4 Å². The Balaban J connectivity index is 2.01. The minimum absolute atomic E-state index is 0.0655. The molecular weight excluding hydrogens is 314 g/mol. The average molecular weight is 340 g/mol. The Bertz CT molecular complexity index is 906. The fourth-order valence-electron chi connectivity index (χ4n) is 3.03. The van der Waals surface area contributed by atoms with Gasteiger partial charge in [0, 0.05) is 16.2 Å². The number of carbonyl (C=O) groups is 1. The second kappa shape index (κ2) is 7.53. The van der Waals surface area contributed by atoms with Crippen molar-refractivity contribution in [3.05, 3.63) is 70.8 Å². The molecule has 1 aliphatic heterocycles. The summed E-state index contributed by atoms with van der Waals surface area (Å²) < 4.78 is 28.4. The molecule has 0 aromatic heterocycles. The molecule has 2 aromatic carbocycles. The number of carboxylic acids is 1. The van der Waals surface area contributed by atoms with E-state index in [1.165, 1.54) is 4.90 Å². The van der Waals surface area contributed by atoms with Crippen LogP contribution in [0.4, 0.5) is 0 Å². The van der Waals surface area contributed by atoms with Crippen LogP contribution in [0.3, 0.4) is 0 Å². The first-order valence-corrected chi connectivity index (χ1v) is 8.23. The van der Waals surface area contributed by atoms with Crippen molar-refractivity contribution in [3.63, 3.8) is 0 Å². The summed E-state index contributed by atoms with van der Waals surface area (Å²) in [5, 5.41) is 9.12. The number of nitrogens with zero attached hydrogens (tertiary/aromatic N) is 1. The molecule has 0 unspecified atom stereocenters. The van der Waals surface area contributed by atoms with E-state index in [-0.39, 0.29) is 6.42 Å². The summed E-state index contributed by atoms with van der Waals surface area (Å²) in [6.07, 6.45) is 2.49. The Labute approximate surface area is 152 Å². The minimum Gasteiger partial charge on any atom is -0.488 e. The van der Waals surface area contributed by atoms with Crippen molar-refractivity contribution in [2.24, 2.45) is 0 Å². The molecule has 0 saturated heterocycles. The topological polar surface area (TPSA) is 49.8 Å². The van der Waals surface area contributed by atoms with Crippen molar-refractivity contribution in [3.8, 4) is 5.75 Å². The Morgan fingerprint density at radius 1 is 1.32 bits per heavy atom. The number of ether oxygens (including phenoxy) is 1. The number of aliphatic carboxylic acids is 1. The van der Waals surface area contributed by atoms with Crippen LogP contribution in [0.15, 0.2) is 48.5 Å². The zero-order valence-corrected chi connectivity index (χ0v) is 14.2. The van der Waals surface area contributed by atoms with E-state index in [0.717, 1.165) is 22.3 Å². The third-order valence-corrected chi connectivity index (χ3v) is 4.19. The lowest BCUT2D eigenvalue weighted by atomic mass is 9.92. The van der Waals surface area contributed by atoms with Crippen LogP contribution in [-0.2, 0) is 17.8 Å². The lowest BCUT2D eigenvalue weighted by Gasteiger charge is -2.13.